The average Bonchev–Trinajstić information content (AvgIpc) is 3.32. The van der Waals surface area contributed by atoms with E-state index in [0.717, 1.165) is 5.56 Å². The van der Waals surface area contributed by atoms with E-state index < -0.39 is 41.6 Å². The lowest BCUT2D eigenvalue weighted by Gasteiger charge is -2.29. The topological polar surface area (TPSA) is 114 Å². The molecule has 3 amide bonds. The molecule has 9 nitrogen and oxygen atoms in total. The van der Waals surface area contributed by atoms with Crippen LogP contribution < -0.4 is 10.8 Å². The minimum absolute atomic E-state index is 0.149. The summed E-state index contributed by atoms with van der Waals surface area (Å²) in [5, 5.41) is 3.17. The molecule has 2 aromatic carbocycles. The Balaban J connectivity index is 1.69. The molecule has 0 unspecified atom stereocenters. The first-order valence-corrected chi connectivity index (χ1v) is 12.0. The van der Waals surface area contributed by atoms with E-state index >= 15 is 0 Å². The summed E-state index contributed by atoms with van der Waals surface area (Å²) < 4.78 is 5.43. The summed E-state index contributed by atoms with van der Waals surface area (Å²) in [6, 6.07) is 13.2. The maximum absolute atomic E-state index is 13.2. The van der Waals surface area contributed by atoms with E-state index in [-0.39, 0.29) is 12.0 Å². The van der Waals surface area contributed by atoms with Crippen LogP contribution in [0.15, 0.2) is 54.6 Å². The van der Waals surface area contributed by atoms with E-state index in [9.17, 15) is 19.2 Å². The Labute approximate surface area is 215 Å². The zero-order valence-electron chi connectivity index (χ0n) is 20.5. The molecule has 1 aliphatic rings. The monoisotopic (exact) mass is 515 g/mol. The second kappa shape index (κ2) is 11.9. The second-order valence-electron chi connectivity index (χ2n) is 9.45. The van der Waals surface area contributed by atoms with Crippen LogP contribution >= 0.6 is 11.6 Å². The van der Waals surface area contributed by atoms with Crippen molar-refractivity contribution < 1.29 is 28.8 Å². The zero-order valence-corrected chi connectivity index (χ0v) is 21.2. The fourth-order valence-corrected chi connectivity index (χ4v) is 3.84. The molecule has 0 spiro atoms. The van der Waals surface area contributed by atoms with Gasteiger partial charge in [0, 0.05) is 18.0 Å². The molecule has 3 rings (SSSR count). The highest BCUT2D eigenvalue weighted by Crippen LogP contribution is 2.21. The first-order valence-electron chi connectivity index (χ1n) is 11.6. The van der Waals surface area contributed by atoms with Crippen LogP contribution in [0.2, 0.25) is 5.02 Å². The number of ether oxygens (including phenoxy) is 1. The predicted molar refractivity (Wildman–Crippen MR) is 133 cm³/mol. The van der Waals surface area contributed by atoms with Crippen molar-refractivity contribution in [3.8, 4) is 0 Å². The molecule has 0 aliphatic carbocycles. The van der Waals surface area contributed by atoms with Gasteiger partial charge >= 0.3 is 12.1 Å². The summed E-state index contributed by atoms with van der Waals surface area (Å²) >= 11 is 5.83. The molecule has 1 saturated heterocycles. The van der Waals surface area contributed by atoms with Crippen molar-refractivity contribution in [2.24, 2.45) is 0 Å². The fraction of sp³-hybridized carbons (Fsp3) is 0.385. The predicted octanol–water partition coefficient (Wildman–Crippen LogP) is 3.66. The van der Waals surface area contributed by atoms with E-state index in [1.807, 2.05) is 30.3 Å². The molecule has 2 atom stereocenters. The van der Waals surface area contributed by atoms with Crippen LogP contribution in [0.1, 0.15) is 49.5 Å². The lowest BCUT2D eigenvalue weighted by Crippen LogP contribution is -2.54. The zero-order chi connectivity index (χ0) is 26.3. The maximum Gasteiger partial charge on any atom is 0.410 e. The van der Waals surface area contributed by atoms with Gasteiger partial charge in [0.05, 0.1) is 5.56 Å². The summed E-state index contributed by atoms with van der Waals surface area (Å²) in [5.74, 6) is -1.98. The number of nitrogens with zero attached hydrogens (tertiary/aromatic N) is 1. The van der Waals surface area contributed by atoms with Crippen LogP contribution in [-0.2, 0) is 25.6 Å². The Morgan fingerprint density at radius 3 is 2.36 bits per heavy atom. The van der Waals surface area contributed by atoms with Crippen molar-refractivity contribution in [1.29, 1.82) is 0 Å². The van der Waals surface area contributed by atoms with Crippen molar-refractivity contribution in [3.63, 3.8) is 0 Å². The van der Waals surface area contributed by atoms with Crippen LogP contribution in [-0.4, -0.2) is 53.0 Å². The van der Waals surface area contributed by atoms with Gasteiger partial charge in [0.2, 0.25) is 5.91 Å². The van der Waals surface area contributed by atoms with Gasteiger partial charge in [-0.15, -0.1) is 0 Å². The van der Waals surface area contributed by atoms with E-state index in [1.54, 1.807) is 20.8 Å². The summed E-state index contributed by atoms with van der Waals surface area (Å²) in [6.45, 7) is 5.63. The number of nitrogens with one attached hydrogen (secondary N) is 2. The van der Waals surface area contributed by atoms with E-state index in [0.29, 0.717) is 24.4 Å². The van der Waals surface area contributed by atoms with Gasteiger partial charge in [0.15, 0.2) is 0 Å². The average molecular weight is 516 g/mol. The number of amides is 3. The van der Waals surface area contributed by atoms with E-state index in [4.69, 9.17) is 21.2 Å². The summed E-state index contributed by atoms with van der Waals surface area (Å²) in [7, 11) is 0. The standard InChI is InChI=1S/C26H30ClN3O6/c1-26(2,3)35-25(34)30-15-7-10-21(30)23(32)28-20(16-17-8-5-4-6-9-17)22(31)29-36-24(33)18-11-13-19(27)14-12-18/h4-6,8-9,11-14,20-21H,7,10,15-16H2,1-3H3,(H,28,32)(H,29,31)/t20-,21-/m0/s1. The van der Waals surface area contributed by atoms with E-state index in [1.165, 1.54) is 29.2 Å². The number of hydroxylamine groups is 1. The molecular weight excluding hydrogens is 486 g/mol. The van der Waals surface area contributed by atoms with Gasteiger partial charge in [-0.1, -0.05) is 41.9 Å². The van der Waals surface area contributed by atoms with Crippen molar-refractivity contribution in [1.82, 2.24) is 15.7 Å². The highest BCUT2D eigenvalue weighted by molar-refractivity contribution is 6.30. The lowest BCUT2D eigenvalue weighted by molar-refractivity contribution is -0.136. The molecule has 1 aliphatic heterocycles. The largest absolute Gasteiger partial charge is 0.444 e. The summed E-state index contributed by atoms with van der Waals surface area (Å²) in [4.78, 5) is 57.3. The minimum Gasteiger partial charge on any atom is -0.444 e. The molecular formula is C26H30ClN3O6. The molecule has 2 N–H and O–H groups in total. The van der Waals surface area contributed by atoms with Crippen LogP contribution in [0.5, 0.6) is 0 Å². The number of hydrogen-bond donors (Lipinski definition) is 2. The van der Waals surface area contributed by atoms with Crippen molar-refractivity contribution in [2.75, 3.05) is 6.54 Å². The van der Waals surface area contributed by atoms with Gasteiger partial charge in [-0.3, -0.25) is 14.5 Å². The summed E-state index contributed by atoms with van der Waals surface area (Å²) in [5.41, 5.74) is 2.42. The molecule has 192 valence electrons. The maximum atomic E-state index is 13.2. The Morgan fingerprint density at radius 2 is 1.72 bits per heavy atom. The number of rotatable bonds is 6. The lowest BCUT2D eigenvalue weighted by atomic mass is 10.0. The van der Waals surface area contributed by atoms with Crippen molar-refractivity contribution in [2.45, 2.75) is 57.7 Å². The Hall–Kier alpha value is -3.59. The van der Waals surface area contributed by atoms with Crippen LogP contribution in [0.25, 0.3) is 0 Å². The smallest absolute Gasteiger partial charge is 0.410 e. The first-order chi connectivity index (χ1) is 17.0. The van der Waals surface area contributed by atoms with Crippen LogP contribution in [0, 0.1) is 0 Å². The number of likely N-dealkylation sites (tertiary alicyclic amines) is 1. The van der Waals surface area contributed by atoms with Gasteiger partial charge < -0.3 is 14.9 Å². The second-order valence-corrected chi connectivity index (χ2v) is 9.88. The van der Waals surface area contributed by atoms with Gasteiger partial charge in [-0.25, -0.2) is 9.59 Å². The third-order valence-corrected chi connectivity index (χ3v) is 5.68. The van der Waals surface area contributed by atoms with Gasteiger partial charge in [-0.2, -0.15) is 5.48 Å². The quantitative estimate of drug-likeness (QED) is 0.567. The number of halogens is 1. The Kier molecular flexibility index (Phi) is 8.93. The highest BCUT2D eigenvalue weighted by Gasteiger charge is 2.38. The van der Waals surface area contributed by atoms with Gasteiger partial charge in [-0.05, 0) is 63.4 Å². The molecule has 1 heterocycles. The SMILES string of the molecule is CC(C)(C)OC(=O)N1CCC[C@H]1C(=O)N[C@@H](Cc1ccccc1)C(=O)NOC(=O)c1ccc(Cl)cc1. The molecule has 1 fully saturated rings. The molecule has 0 saturated carbocycles. The molecule has 2 aromatic rings. The number of carbonyl (C=O) groups excluding carboxylic acids is 4. The highest BCUT2D eigenvalue weighted by atomic mass is 35.5. The molecule has 0 aromatic heterocycles. The molecule has 0 bridgehead atoms. The van der Waals surface area contributed by atoms with Crippen molar-refractivity contribution in [3.05, 3.63) is 70.7 Å². The van der Waals surface area contributed by atoms with Gasteiger partial charge in [0.25, 0.3) is 5.91 Å². The van der Waals surface area contributed by atoms with Crippen LogP contribution in [0.3, 0.4) is 0 Å². The van der Waals surface area contributed by atoms with Gasteiger partial charge in [0.1, 0.15) is 17.7 Å². The number of benzene rings is 2. The van der Waals surface area contributed by atoms with Crippen LogP contribution in [0.4, 0.5) is 4.79 Å². The summed E-state index contributed by atoms with van der Waals surface area (Å²) in [6.07, 6.45) is 0.638. The Bertz CT molecular complexity index is 1090. The number of hydrogen-bond acceptors (Lipinski definition) is 6. The molecule has 36 heavy (non-hydrogen) atoms. The van der Waals surface area contributed by atoms with Crippen molar-refractivity contribution >= 4 is 35.5 Å². The Morgan fingerprint density at radius 1 is 1.06 bits per heavy atom. The first kappa shape index (κ1) is 27.0. The third-order valence-electron chi connectivity index (χ3n) is 5.42. The molecule has 0 radical (unpaired) electrons. The fourth-order valence-electron chi connectivity index (χ4n) is 3.72. The van der Waals surface area contributed by atoms with E-state index in [2.05, 4.69) is 10.8 Å². The normalized spacial score (nSPS) is 16.1. The third kappa shape index (κ3) is 7.71. The minimum atomic E-state index is -1.06. The number of carbonyl (C=O) groups is 4. The molecule has 10 heteroatoms.